The number of hydrazone groups is 1. The molecule has 2 aromatic rings. The van der Waals surface area contributed by atoms with Gasteiger partial charge >= 0.3 is 0 Å². The first-order chi connectivity index (χ1) is 12.6. The number of hydrogen-bond donors (Lipinski definition) is 0. The number of rotatable bonds is 2. The van der Waals surface area contributed by atoms with Crippen LogP contribution in [-0.4, -0.2) is 29.3 Å². The topological polar surface area (TPSA) is 61.0 Å². The van der Waals surface area contributed by atoms with Gasteiger partial charge in [-0.2, -0.15) is 15.4 Å². The van der Waals surface area contributed by atoms with E-state index in [2.05, 4.69) is 10.1 Å². The van der Waals surface area contributed by atoms with Crippen molar-refractivity contribution in [2.75, 3.05) is 6.54 Å². The molecule has 1 atom stereocenters. The fraction of sp³-hybridized carbons (Fsp3) is 0.211. The van der Waals surface area contributed by atoms with Gasteiger partial charge in [0.1, 0.15) is 11.9 Å². The Hall–Kier alpha value is -3.27. The zero-order valence-corrected chi connectivity index (χ0v) is 13.7. The third-order valence-corrected chi connectivity index (χ3v) is 4.33. The van der Waals surface area contributed by atoms with E-state index in [9.17, 15) is 8.78 Å². The highest BCUT2D eigenvalue weighted by Crippen LogP contribution is 2.27. The van der Waals surface area contributed by atoms with Crippen molar-refractivity contribution in [2.24, 2.45) is 10.1 Å². The summed E-state index contributed by atoms with van der Waals surface area (Å²) in [5.74, 6) is -0.214. The minimum absolute atomic E-state index is 0.00922. The van der Waals surface area contributed by atoms with Crippen LogP contribution in [0.4, 0.5) is 8.78 Å². The number of ether oxygens (including phenoxy) is 1. The predicted molar refractivity (Wildman–Crippen MR) is 91.8 cm³/mol. The molecule has 0 bridgehead atoms. The lowest BCUT2D eigenvalue weighted by molar-refractivity contribution is 0.289. The average Bonchev–Trinajstić information content (AvgIpc) is 3.13. The Kier molecular flexibility index (Phi) is 4.09. The van der Waals surface area contributed by atoms with Crippen molar-refractivity contribution in [1.29, 1.82) is 5.26 Å². The Balaban J connectivity index is 1.68. The highest BCUT2D eigenvalue weighted by atomic mass is 19.1. The molecule has 0 saturated carbocycles. The quantitative estimate of drug-likeness (QED) is 0.832. The van der Waals surface area contributed by atoms with Gasteiger partial charge in [0.05, 0.1) is 11.6 Å². The van der Waals surface area contributed by atoms with E-state index in [0.29, 0.717) is 17.3 Å². The maximum Gasteiger partial charge on any atom is 0.221 e. The number of nitriles is 1. The van der Waals surface area contributed by atoms with Crippen LogP contribution in [-0.2, 0) is 0 Å². The normalized spacial score (nSPS) is 18.7. The van der Waals surface area contributed by atoms with E-state index in [4.69, 9.17) is 10.00 Å². The first-order valence-corrected chi connectivity index (χ1v) is 8.21. The number of fused-ring (bicyclic) bond motifs is 1. The fourth-order valence-corrected chi connectivity index (χ4v) is 3.02. The fourth-order valence-electron chi connectivity index (χ4n) is 3.02. The first kappa shape index (κ1) is 16.2. The van der Waals surface area contributed by atoms with Crippen LogP contribution in [0.3, 0.4) is 0 Å². The molecule has 1 saturated heterocycles. The van der Waals surface area contributed by atoms with E-state index in [-0.39, 0.29) is 23.2 Å². The number of amidine groups is 1. The Labute approximate surface area is 148 Å². The molecule has 4 rings (SSSR count). The van der Waals surface area contributed by atoms with Crippen LogP contribution in [0.15, 0.2) is 52.6 Å². The minimum atomic E-state index is -0.623. The van der Waals surface area contributed by atoms with E-state index < -0.39 is 5.82 Å². The predicted octanol–water partition coefficient (Wildman–Crippen LogP) is 3.45. The Bertz CT molecular complexity index is 947. The molecular weight excluding hydrogens is 338 g/mol. The molecule has 0 spiro atoms. The summed E-state index contributed by atoms with van der Waals surface area (Å²) >= 11 is 0. The Morgan fingerprint density at radius 1 is 1.15 bits per heavy atom. The SMILES string of the molecule is N#Cc1ccc(OC2=NC(c3ccc(F)cc3)=NN3CCCC23)c(F)c1. The van der Waals surface area contributed by atoms with E-state index in [0.717, 1.165) is 25.5 Å². The average molecular weight is 352 g/mol. The summed E-state index contributed by atoms with van der Waals surface area (Å²) in [6, 6.07) is 11.6. The molecule has 1 fully saturated rings. The van der Waals surface area contributed by atoms with Gasteiger partial charge in [0.25, 0.3) is 0 Å². The monoisotopic (exact) mass is 352 g/mol. The summed E-state index contributed by atoms with van der Waals surface area (Å²) in [7, 11) is 0. The summed E-state index contributed by atoms with van der Waals surface area (Å²) in [6.07, 6.45) is 1.72. The second-order valence-corrected chi connectivity index (χ2v) is 6.06. The third-order valence-electron chi connectivity index (χ3n) is 4.33. The van der Waals surface area contributed by atoms with Gasteiger partial charge in [-0.15, -0.1) is 0 Å². The largest absolute Gasteiger partial charge is 0.437 e. The van der Waals surface area contributed by atoms with Crippen molar-refractivity contribution in [3.05, 3.63) is 65.2 Å². The summed E-state index contributed by atoms with van der Waals surface area (Å²) < 4.78 is 33.1. The van der Waals surface area contributed by atoms with E-state index in [1.165, 1.54) is 24.3 Å². The molecule has 0 radical (unpaired) electrons. The third kappa shape index (κ3) is 3.02. The lowest BCUT2D eigenvalue weighted by Gasteiger charge is -2.27. The van der Waals surface area contributed by atoms with Crippen molar-refractivity contribution in [1.82, 2.24) is 5.01 Å². The maximum atomic E-state index is 14.2. The molecule has 7 heteroatoms. The molecule has 0 aromatic heterocycles. The molecular formula is C19H14F2N4O. The second kappa shape index (κ2) is 6.56. The van der Waals surface area contributed by atoms with E-state index in [1.807, 2.05) is 11.1 Å². The lowest BCUT2D eigenvalue weighted by atomic mass is 10.1. The number of halogens is 2. The molecule has 2 aromatic carbocycles. The molecule has 2 aliphatic rings. The van der Waals surface area contributed by atoms with Gasteiger partial charge in [0.15, 0.2) is 17.4 Å². The van der Waals surface area contributed by atoms with Crippen LogP contribution >= 0.6 is 0 Å². The Morgan fingerprint density at radius 3 is 2.69 bits per heavy atom. The Morgan fingerprint density at radius 2 is 1.96 bits per heavy atom. The van der Waals surface area contributed by atoms with Crippen LogP contribution in [0.1, 0.15) is 24.0 Å². The molecule has 5 nitrogen and oxygen atoms in total. The minimum Gasteiger partial charge on any atom is -0.437 e. The van der Waals surface area contributed by atoms with Crippen molar-refractivity contribution < 1.29 is 13.5 Å². The van der Waals surface area contributed by atoms with Gasteiger partial charge in [-0.25, -0.2) is 8.78 Å². The lowest BCUT2D eigenvalue weighted by Crippen LogP contribution is -2.40. The van der Waals surface area contributed by atoms with Crippen LogP contribution in [0.25, 0.3) is 0 Å². The number of aliphatic imine (C=N–C) groups is 1. The zero-order valence-electron chi connectivity index (χ0n) is 13.7. The molecule has 0 N–H and O–H groups in total. The van der Waals surface area contributed by atoms with Crippen molar-refractivity contribution >= 4 is 11.7 Å². The molecule has 0 aliphatic carbocycles. The highest BCUT2D eigenvalue weighted by Gasteiger charge is 2.34. The number of nitrogens with zero attached hydrogens (tertiary/aromatic N) is 4. The van der Waals surface area contributed by atoms with Gasteiger partial charge in [0.2, 0.25) is 5.90 Å². The summed E-state index contributed by atoms with van der Waals surface area (Å²) in [6.45, 7) is 0.744. The summed E-state index contributed by atoms with van der Waals surface area (Å²) in [5.41, 5.74) is 0.870. The van der Waals surface area contributed by atoms with Gasteiger partial charge in [-0.05, 0) is 55.3 Å². The van der Waals surface area contributed by atoms with Gasteiger partial charge < -0.3 is 4.74 Å². The maximum absolute atomic E-state index is 14.2. The van der Waals surface area contributed by atoms with Crippen LogP contribution in [0.5, 0.6) is 5.75 Å². The van der Waals surface area contributed by atoms with Crippen LogP contribution in [0.2, 0.25) is 0 Å². The highest BCUT2D eigenvalue weighted by molar-refractivity contribution is 6.07. The smallest absolute Gasteiger partial charge is 0.221 e. The number of hydrogen-bond acceptors (Lipinski definition) is 5. The summed E-state index contributed by atoms with van der Waals surface area (Å²) in [4.78, 5) is 4.45. The number of benzene rings is 2. The van der Waals surface area contributed by atoms with Crippen LogP contribution in [0, 0.1) is 23.0 Å². The van der Waals surface area contributed by atoms with Gasteiger partial charge in [-0.1, -0.05) is 0 Å². The van der Waals surface area contributed by atoms with Crippen LogP contribution < -0.4 is 4.74 Å². The summed E-state index contributed by atoms with van der Waals surface area (Å²) in [5, 5.41) is 15.2. The molecule has 2 aliphatic heterocycles. The molecule has 130 valence electrons. The second-order valence-electron chi connectivity index (χ2n) is 6.06. The van der Waals surface area contributed by atoms with Crippen molar-refractivity contribution in [2.45, 2.75) is 18.9 Å². The van der Waals surface area contributed by atoms with Crippen molar-refractivity contribution in [3.8, 4) is 11.8 Å². The standard InChI is InChI=1S/C19H14F2N4O/c20-14-6-4-13(5-7-14)18-23-19(16-2-1-9-25(16)24-18)26-17-8-3-12(11-22)10-15(17)21/h3-8,10,16H,1-2,9H2. The molecule has 2 heterocycles. The molecule has 26 heavy (non-hydrogen) atoms. The molecule has 0 amide bonds. The van der Waals surface area contributed by atoms with E-state index in [1.54, 1.807) is 12.1 Å². The van der Waals surface area contributed by atoms with Gasteiger partial charge in [-0.3, -0.25) is 5.01 Å². The van der Waals surface area contributed by atoms with Crippen molar-refractivity contribution in [3.63, 3.8) is 0 Å². The molecule has 1 unspecified atom stereocenters. The zero-order chi connectivity index (χ0) is 18.1. The van der Waals surface area contributed by atoms with E-state index >= 15 is 0 Å². The van der Waals surface area contributed by atoms with Gasteiger partial charge in [0, 0.05) is 12.1 Å². The first-order valence-electron chi connectivity index (χ1n) is 8.21.